The first-order chi connectivity index (χ1) is 7.52. The molecular formula is C13H18FNO. The normalized spacial score (nSPS) is 12.5. The van der Waals surface area contributed by atoms with Gasteiger partial charge in [-0.2, -0.15) is 0 Å². The Morgan fingerprint density at radius 3 is 2.75 bits per heavy atom. The molecule has 0 fully saturated rings. The van der Waals surface area contributed by atoms with E-state index in [1.807, 2.05) is 13.8 Å². The molecule has 1 unspecified atom stereocenters. The highest BCUT2D eigenvalue weighted by molar-refractivity contribution is 5.81. The molecule has 3 heteroatoms. The van der Waals surface area contributed by atoms with E-state index in [9.17, 15) is 9.18 Å². The van der Waals surface area contributed by atoms with Gasteiger partial charge in [0.2, 0.25) is 0 Å². The van der Waals surface area contributed by atoms with Crippen LogP contribution in [0.3, 0.4) is 0 Å². The first-order valence-corrected chi connectivity index (χ1v) is 5.49. The molecule has 0 saturated heterocycles. The fourth-order valence-electron chi connectivity index (χ4n) is 1.61. The maximum Gasteiger partial charge on any atom is 0.137 e. The molecule has 0 aliphatic rings. The highest BCUT2D eigenvalue weighted by atomic mass is 19.1. The quantitative estimate of drug-likeness (QED) is 0.831. The monoisotopic (exact) mass is 223 g/mol. The predicted octanol–water partition coefficient (Wildman–Crippen LogP) is 2.23. The maximum atomic E-state index is 12.8. The average Bonchev–Trinajstić information content (AvgIpc) is 2.22. The Bertz CT molecular complexity index is 376. The zero-order valence-corrected chi connectivity index (χ0v) is 9.79. The number of benzene rings is 1. The molecule has 16 heavy (non-hydrogen) atoms. The van der Waals surface area contributed by atoms with E-state index in [-0.39, 0.29) is 17.5 Å². The number of halogens is 1. The van der Waals surface area contributed by atoms with Gasteiger partial charge in [0.05, 0.1) is 0 Å². The van der Waals surface area contributed by atoms with Gasteiger partial charge in [-0.05, 0) is 42.6 Å². The minimum atomic E-state index is -0.260. The molecule has 88 valence electrons. The van der Waals surface area contributed by atoms with Crippen molar-refractivity contribution in [3.05, 3.63) is 35.1 Å². The molecule has 1 aromatic rings. The van der Waals surface area contributed by atoms with Crippen LogP contribution in [0.1, 0.15) is 24.5 Å². The lowest BCUT2D eigenvalue weighted by Gasteiger charge is -2.08. The number of hydrogen-bond acceptors (Lipinski definition) is 2. The third-order valence-electron chi connectivity index (χ3n) is 2.67. The van der Waals surface area contributed by atoms with Gasteiger partial charge < -0.3 is 5.73 Å². The third-order valence-corrected chi connectivity index (χ3v) is 2.67. The molecule has 2 N–H and O–H groups in total. The van der Waals surface area contributed by atoms with Crippen molar-refractivity contribution in [3.63, 3.8) is 0 Å². The van der Waals surface area contributed by atoms with Crippen molar-refractivity contribution in [2.75, 3.05) is 6.54 Å². The zero-order valence-electron chi connectivity index (χ0n) is 9.79. The van der Waals surface area contributed by atoms with Gasteiger partial charge >= 0.3 is 0 Å². The molecule has 1 aromatic carbocycles. The topological polar surface area (TPSA) is 43.1 Å². The van der Waals surface area contributed by atoms with Crippen LogP contribution < -0.4 is 5.73 Å². The first kappa shape index (κ1) is 12.8. The molecule has 0 amide bonds. The van der Waals surface area contributed by atoms with E-state index in [0.29, 0.717) is 19.4 Å². The summed E-state index contributed by atoms with van der Waals surface area (Å²) in [6.07, 6.45) is 0.865. The summed E-state index contributed by atoms with van der Waals surface area (Å²) in [5.41, 5.74) is 7.19. The lowest BCUT2D eigenvalue weighted by Crippen LogP contribution is -2.16. The second-order valence-electron chi connectivity index (χ2n) is 4.33. The molecule has 0 bridgehead atoms. The maximum absolute atomic E-state index is 12.8. The van der Waals surface area contributed by atoms with Crippen LogP contribution in [0, 0.1) is 18.7 Å². The predicted molar refractivity (Wildman–Crippen MR) is 62.7 cm³/mol. The molecule has 0 saturated carbocycles. The fraction of sp³-hybridized carbons (Fsp3) is 0.462. The van der Waals surface area contributed by atoms with E-state index < -0.39 is 0 Å². The largest absolute Gasteiger partial charge is 0.330 e. The molecule has 0 radical (unpaired) electrons. The van der Waals surface area contributed by atoms with Crippen molar-refractivity contribution in [2.45, 2.75) is 26.7 Å². The van der Waals surface area contributed by atoms with Crippen molar-refractivity contribution in [3.8, 4) is 0 Å². The number of carbonyl (C=O) groups excluding carboxylic acids is 1. The van der Waals surface area contributed by atoms with Gasteiger partial charge in [0.25, 0.3) is 0 Å². The van der Waals surface area contributed by atoms with Crippen LogP contribution in [0.15, 0.2) is 18.2 Å². The summed E-state index contributed by atoms with van der Waals surface area (Å²) >= 11 is 0. The van der Waals surface area contributed by atoms with Crippen LogP contribution in [-0.2, 0) is 11.2 Å². The van der Waals surface area contributed by atoms with E-state index in [2.05, 4.69) is 0 Å². The number of carbonyl (C=O) groups is 1. The third kappa shape index (κ3) is 3.74. The van der Waals surface area contributed by atoms with Crippen LogP contribution in [0.4, 0.5) is 4.39 Å². The van der Waals surface area contributed by atoms with E-state index in [1.54, 1.807) is 6.07 Å². The molecule has 2 nitrogen and oxygen atoms in total. The van der Waals surface area contributed by atoms with Gasteiger partial charge in [0.1, 0.15) is 11.6 Å². The number of hydrogen-bond donors (Lipinski definition) is 1. The molecule has 0 spiro atoms. The van der Waals surface area contributed by atoms with Crippen molar-refractivity contribution in [2.24, 2.45) is 11.7 Å². The molecule has 0 aliphatic heterocycles. The molecule has 0 aliphatic carbocycles. The van der Waals surface area contributed by atoms with Crippen molar-refractivity contribution >= 4 is 5.78 Å². The Labute approximate surface area is 95.7 Å². The van der Waals surface area contributed by atoms with Gasteiger partial charge in [-0.15, -0.1) is 0 Å². The zero-order chi connectivity index (χ0) is 12.1. The smallest absolute Gasteiger partial charge is 0.137 e. The molecule has 1 atom stereocenters. The van der Waals surface area contributed by atoms with Crippen molar-refractivity contribution < 1.29 is 9.18 Å². The van der Waals surface area contributed by atoms with Gasteiger partial charge in [-0.25, -0.2) is 4.39 Å². The van der Waals surface area contributed by atoms with Crippen LogP contribution >= 0.6 is 0 Å². The fourth-order valence-corrected chi connectivity index (χ4v) is 1.61. The number of Topliss-reactive ketones (excluding diaryl/α,β-unsaturated/α-hetero) is 1. The molecular weight excluding hydrogens is 205 g/mol. The Balaban J connectivity index is 2.63. The summed E-state index contributed by atoms with van der Waals surface area (Å²) < 4.78 is 12.8. The summed E-state index contributed by atoms with van der Waals surface area (Å²) in [6.45, 7) is 4.29. The Kier molecular flexibility index (Phi) is 4.62. The van der Waals surface area contributed by atoms with Gasteiger partial charge in [-0.1, -0.05) is 13.0 Å². The lowest BCUT2D eigenvalue weighted by molar-refractivity contribution is -0.119. The van der Waals surface area contributed by atoms with Gasteiger partial charge in [-0.3, -0.25) is 4.79 Å². The highest BCUT2D eigenvalue weighted by Crippen LogP contribution is 2.13. The van der Waals surface area contributed by atoms with E-state index >= 15 is 0 Å². The van der Waals surface area contributed by atoms with E-state index in [1.165, 1.54) is 12.1 Å². The summed E-state index contributed by atoms with van der Waals surface area (Å²) in [4.78, 5) is 11.7. The standard InChI is InChI=1S/C13H18FNO/c1-9(8-15)5-13(16)7-11-3-4-12(14)6-10(11)2/h3-4,6,9H,5,7-8,15H2,1-2H3. The van der Waals surface area contributed by atoms with Gasteiger partial charge in [0, 0.05) is 12.8 Å². The summed E-state index contributed by atoms with van der Waals surface area (Å²) in [7, 11) is 0. The van der Waals surface area contributed by atoms with Crippen molar-refractivity contribution in [1.29, 1.82) is 0 Å². The lowest BCUT2D eigenvalue weighted by atomic mass is 9.97. The van der Waals surface area contributed by atoms with E-state index in [0.717, 1.165) is 11.1 Å². The SMILES string of the molecule is Cc1cc(F)ccc1CC(=O)CC(C)CN. The first-order valence-electron chi connectivity index (χ1n) is 5.49. The highest BCUT2D eigenvalue weighted by Gasteiger charge is 2.10. The van der Waals surface area contributed by atoms with E-state index in [4.69, 9.17) is 5.73 Å². The minimum absolute atomic E-state index is 0.160. The summed E-state index contributed by atoms with van der Waals surface area (Å²) in [5, 5.41) is 0. The number of aryl methyl sites for hydroxylation is 1. The summed E-state index contributed by atoms with van der Waals surface area (Å²) in [6, 6.07) is 4.52. The second kappa shape index (κ2) is 5.75. The van der Waals surface area contributed by atoms with Crippen LogP contribution in [0.2, 0.25) is 0 Å². The average molecular weight is 223 g/mol. The van der Waals surface area contributed by atoms with Gasteiger partial charge in [0.15, 0.2) is 0 Å². The molecule has 1 rings (SSSR count). The van der Waals surface area contributed by atoms with Crippen LogP contribution in [-0.4, -0.2) is 12.3 Å². The number of nitrogens with two attached hydrogens (primary N) is 1. The van der Waals surface area contributed by atoms with Crippen LogP contribution in [0.25, 0.3) is 0 Å². The molecule has 0 heterocycles. The minimum Gasteiger partial charge on any atom is -0.330 e. The Morgan fingerprint density at radius 1 is 1.50 bits per heavy atom. The Morgan fingerprint density at radius 2 is 2.19 bits per heavy atom. The molecule has 0 aromatic heterocycles. The second-order valence-corrected chi connectivity index (χ2v) is 4.33. The number of ketones is 1. The summed E-state index contributed by atoms with van der Waals surface area (Å²) in [5.74, 6) is 0.116. The van der Waals surface area contributed by atoms with Crippen LogP contribution in [0.5, 0.6) is 0 Å². The Hall–Kier alpha value is -1.22. The van der Waals surface area contributed by atoms with Crippen molar-refractivity contribution in [1.82, 2.24) is 0 Å². The number of rotatable bonds is 5.